The van der Waals surface area contributed by atoms with E-state index in [1.165, 1.54) is 16.8 Å². The van der Waals surface area contributed by atoms with Crippen LogP contribution in [0.15, 0.2) is 47.6 Å². The lowest BCUT2D eigenvalue weighted by Crippen LogP contribution is -2.52. The maximum Gasteiger partial charge on any atom is 0.194 e. The van der Waals surface area contributed by atoms with Crippen molar-refractivity contribution < 1.29 is 0 Å². The Morgan fingerprint density at radius 2 is 1.87 bits per heavy atom. The Balaban J connectivity index is 1.33. The highest BCUT2D eigenvalue weighted by Gasteiger charge is 2.21. The number of aromatic nitrogens is 3. The summed E-state index contributed by atoms with van der Waals surface area (Å²) in [6, 6.07) is 12.6. The van der Waals surface area contributed by atoms with E-state index in [0.717, 1.165) is 69.5 Å². The van der Waals surface area contributed by atoms with Gasteiger partial charge in [-0.2, -0.15) is 0 Å². The molecule has 4 rings (SSSR count). The Hall–Kier alpha value is -3.09. The molecule has 0 spiro atoms. The fraction of sp³-hybridized carbons (Fsp3) is 0.458. The van der Waals surface area contributed by atoms with Gasteiger partial charge in [0.15, 0.2) is 11.6 Å². The topological polar surface area (TPSA) is 61.1 Å². The molecule has 0 atom stereocenters. The summed E-state index contributed by atoms with van der Waals surface area (Å²) in [5.74, 6) is 2.02. The molecule has 7 heteroatoms. The van der Waals surface area contributed by atoms with Crippen LogP contribution in [0.3, 0.4) is 0 Å². The lowest BCUT2D eigenvalue weighted by atomic mass is 10.1. The molecule has 0 aliphatic carbocycles. The number of guanidine groups is 1. The standard InChI is InChI=1S/C24H33N7/c1-4-25-24(26-13-8-12-23-28-27-22-11-5-6-14-31(22)23)30-17-15-29(16-18-30)21-10-7-9-19(2)20(21)3/h5-7,9-11,14H,4,8,12-13,15-18H2,1-3H3,(H,25,26). The Kier molecular flexibility index (Phi) is 6.70. The van der Waals surface area contributed by atoms with Crippen molar-refractivity contribution in [2.45, 2.75) is 33.6 Å². The van der Waals surface area contributed by atoms with Crippen LogP contribution < -0.4 is 10.2 Å². The molecule has 1 N–H and O–H groups in total. The fourth-order valence-corrected chi connectivity index (χ4v) is 4.15. The minimum Gasteiger partial charge on any atom is -0.368 e. The molecule has 1 fully saturated rings. The molecule has 1 aliphatic heterocycles. The van der Waals surface area contributed by atoms with E-state index in [9.17, 15) is 0 Å². The van der Waals surface area contributed by atoms with Crippen molar-refractivity contribution in [1.82, 2.24) is 24.8 Å². The summed E-state index contributed by atoms with van der Waals surface area (Å²) >= 11 is 0. The number of piperazine rings is 1. The summed E-state index contributed by atoms with van der Waals surface area (Å²) in [6.07, 6.45) is 3.84. The Morgan fingerprint density at radius 3 is 2.68 bits per heavy atom. The van der Waals surface area contributed by atoms with Crippen LogP contribution in [-0.2, 0) is 6.42 Å². The van der Waals surface area contributed by atoms with Gasteiger partial charge in [0.25, 0.3) is 0 Å². The van der Waals surface area contributed by atoms with Crippen LogP contribution >= 0.6 is 0 Å². The monoisotopic (exact) mass is 419 g/mol. The van der Waals surface area contributed by atoms with E-state index in [1.807, 2.05) is 24.4 Å². The number of nitrogens with one attached hydrogen (secondary N) is 1. The third kappa shape index (κ3) is 4.81. The molecule has 3 heterocycles. The number of pyridine rings is 1. The summed E-state index contributed by atoms with van der Waals surface area (Å²) in [5, 5.41) is 12.0. The van der Waals surface area contributed by atoms with Crippen molar-refractivity contribution in [2.24, 2.45) is 4.99 Å². The molecule has 0 bridgehead atoms. The number of nitrogens with zero attached hydrogens (tertiary/aromatic N) is 6. The van der Waals surface area contributed by atoms with Gasteiger partial charge < -0.3 is 15.1 Å². The second kappa shape index (κ2) is 9.81. The van der Waals surface area contributed by atoms with Gasteiger partial charge in [0.1, 0.15) is 5.82 Å². The van der Waals surface area contributed by atoms with Gasteiger partial charge in [-0.25, -0.2) is 0 Å². The van der Waals surface area contributed by atoms with Crippen LogP contribution in [-0.4, -0.2) is 64.7 Å². The highest BCUT2D eigenvalue weighted by Crippen LogP contribution is 2.23. The van der Waals surface area contributed by atoms with Crippen molar-refractivity contribution >= 4 is 17.3 Å². The van der Waals surface area contributed by atoms with Crippen molar-refractivity contribution in [1.29, 1.82) is 0 Å². The maximum absolute atomic E-state index is 4.90. The van der Waals surface area contributed by atoms with Crippen LogP contribution in [0.5, 0.6) is 0 Å². The summed E-state index contributed by atoms with van der Waals surface area (Å²) in [6.45, 7) is 12.2. The van der Waals surface area contributed by atoms with Crippen LogP contribution in [0.25, 0.3) is 5.65 Å². The first-order valence-corrected chi connectivity index (χ1v) is 11.3. The van der Waals surface area contributed by atoms with Crippen LogP contribution in [0.2, 0.25) is 0 Å². The van der Waals surface area contributed by atoms with Crippen molar-refractivity contribution in [3.05, 3.63) is 59.5 Å². The number of hydrogen-bond donors (Lipinski definition) is 1. The van der Waals surface area contributed by atoms with Gasteiger partial charge in [0, 0.05) is 57.6 Å². The first kappa shape index (κ1) is 21.2. The fourth-order valence-electron chi connectivity index (χ4n) is 4.15. The Labute approximate surface area is 184 Å². The minimum atomic E-state index is 0.779. The number of anilines is 1. The van der Waals surface area contributed by atoms with E-state index < -0.39 is 0 Å². The summed E-state index contributed by atoms with van der Waals surface area (Å²) < 4.78 is 2.06. The Morgan fingerprint density at radius 1 is 1.03 bits per heavy atom. The van der Waals surface area contributed by atoms with Crippen molar-refractivity contribution in [2.75, 3.05) is 44.2 Å². The minimum absolute atomic E-state index is 0.779. The van der Waals surface area contributed by atoms with Gasteiger partial charge in [-0.15, -0.1) is 10.2 Å². The number of fused-ring (bicyclic) bond motifs is 1. The summed E-state index contributed by atoms with van der Waals surface area (Å²) in [7, 11) is 0. The van der Waals surface area contributed by atoms with Crippen LogP contribution in [0, 0.1) is 13.8 Å². The number of aliphatic imine (C=N–C) groups is 1. The van der Waals surface area contributed by atoms with E-state index in [4.69, 9.17) is 4.99 Å². The van der Waals surface area contributed by atoms with Crippen molar-refractivity contribution in [3.8, 4) is 0 Å². The first-order chi connectivity index (χ1) is 15.2. The highest BCUT2D eigenvalue weighted by atomic mass is 15.3. The molecule has 7 nitrogen and oxygen atoms in total. The molecule has 0 unspecified atom stereocenters. The SMILES string of the molecule is CCNC(=NCCCc1nnc2ccccn12)N1CCN(c2cccc(C)c2C)CC1. The third-order valence-electron chi connectivity index (χ3n) is 6.04. The zero-order valence-electron chi connectivity index (χ0n) is 18.9. The number of benzene rings is 1. The molecule has 1 aromatic carbocycles. The smallest absolute Gasteiger partial charge is 0.194 e. The van der Waals surface area contributed by atoms with Gasteiger partial charge in [0.05, 0.1) is 0 Å². The maximum atomic E-state index is 4.90. The Bertz CT molecular complexity index is 1030. The van der Waals surface area contributed by atoms with E-state index in [1.54, 1.807) is 0 Å². The van der Waals surface area contributed by atoms with Gasteiger partial charge in [0.2, 0.25) is 0 Å². The average Bonchev–Trinajstić information content (AvgIpc) is 3.21. The van der Waals surface area contributed by atoms with Crippen molar-refractivity contribution in [3.63, 3.8) is 0 Å². The lowest BCUT2D eigenvalue weighted by Gasteiger charge is -2.38. The normalized spacial score (nSPS) is 15.0. The van der Waals surface area contributed by atoms with Crippen LogP contribution in [0.1, 0.15) is 30.3 Å². The zero-order chi connectivity index (χ0) is 21.6. The van der Waals surface area contributed by atoms with Gasteiger partial charge in [-0.1, -0.05) is 18.2 Å². The zero-order valence-corrected chi connectivity index (χ0v) is 18.9. The van der Waals surface area contributed by atoms with E-state index in [-0.39, 0.29) is 0 Å². The molecule has 2 aromatic heterocycles. The quantitative estimate of drug-likeness (QED) is 0.378. The molecule has 1 saturated heterocycles. The number of rotatable bonds is 6. The molecule has 164 valence electrons. The summed E-state index contributed by atoms with van der Waals surface area (Å²) in [4.78, 5) is 9.79. The van der Waals surface area contributed by atoms with Crippen LogP contribution in [0.4, 0.5) is 5.69 Å². The van der Waals surface area contributed by atoms with E-state index in [0.29, 0.717) is 0 Å². The molecule has 31 heavy (non-hydrogen) atoms. The predicted molar refractivity (Wildman–Crippen MR) is 127 cm³/mol. The first-order valence-electron chi connectivity index (χ1n) is 11.3. The number of hydrogen-bond acceptors (Lipinski definition) is 4. The molecule has 3 aromatic rings. The van der Waals surface area contributed by atoms with E-state index >= 15 is 0 Å². The largest absolute Gasteiger partial charge is 0.368 e. The van der Waals surface area contributed by atoms with Gasteiger partial charge in [-0.3, -0.25) is 9.39 Å². The molecular weight excluding hydrogens is 386 g/mol. The second-order valence-electron chi connectivity index (χ2n) is 8.08. The van der Waals surface area contributed by atoms with Gasteiger partial charge >= 0.3 is 0 Å². The predicted octanol–water partition coefficient (Wildman–Crippen LogP) is 3.07. The number of aryl methyl sites for hydroxylation is 2. The molecular formula is C24H33N7. The second-order valence-corrected chi connectivity index (χ2v) is 8.08. The summed E-state index contributed by atoms with van der Waals surface area (Å²) in [5.41, 5.74) is 5.01. The third-order valence-corrected chi connectivity index (χ3v) is 6.04. The average molecular weight is 420 g/mol. The molecule has 1 aliphatic rings. The van der Waals surface area contributed by atoms with E-state index in [2.05, 4.69) is 68.7 Å². The molecule has 0 amide bonds. The highest BCUT2D eigenvalue weighted by molar-refractivity contribution is 5.80. The van der Waals surface area contributed by atoms with Gasteiger partial charge in [-0.05, 0) is 56.5 Å². The molecule has 0 saturated carbocycles. The molecule has 0 radical (unpaired) electrons. The lowest BCUT2D eigenvalue weighted by molar-refractivity contribution is 0.372.